The van der Waals surface area contributed by atoms with Crippen molar-refractivity contribution in [2.75, 3.05) is 0 Å². The summed E-state index contributed by atoms with van der Waals surface area (Å²) in [6.45, 7) is 4.56. The summed E-state index contributed by atoms with van der Waals surface area (Å²) >= 11 is 0. The lowest BCUT2D eigenvalue weighted by Crippen LogP contribution is -2.45. The topological polar surface area (TPSA) is 43.1 Å². The Bertz CT molecular complexity index is 513. The van der Waals surface area contributed by atoms with Crippen LogP contribution in [0, 0.1) is 17.3 Å². The third kappa shape index (κ3) is 1.88. The van der Waals surface area contributed by atoms with Crippen LogP contribution in [0.25, 0.3) is 0 Å². The quantitative estimate of drug-likeness (QED) is 0.892. The number of amides is 1. The number of hydrogen-bond donors (Lipinski definition) is 1. The van der Waals surface area contributed by atoms with Gasteiger partial charge in [0.25, 0.3) is 0 Å². The standard InChI is InChI=1S/C18H25NO.H2/c1-3-17(15-7-5-4-6-8-15)10-14-11-18(12-17,16(19)20)9-13(14)2;/h4-8,13-14H,3,9-12H2,1-2H3,(H2,19,20);1H. The van der Waals surface area contributed by atoms with Gasteiger partial charge in [-0.25, -0.2) is 0 Å². The largest absolute Gasteiger partial charge is 0.369 e. The summed E-state index contributed by atoms with van der Waals surface area (Å²) in [5.41, 5.74) is 7.10. The first-order valence-electron chi connectivity index (χ1n) is 7.87. The zero-order valence-corrected chi connectivity index (χ0v) is 12.6. The van der Waals surface area contributed by atoms with Gasteiger partial charge in [0.1, 0.15) is 0 Å². The van der Waals surface area contributed by atoms with E-state index in [1.165, 1.54) is 12.0 Å². The van der Waals surface area contributed by atoms with Gasteiger partial charge in [-0.3, -0.25) is 4.79 Å². The van der Waals surface area contributed by atoms with Gasteiger partial charge in [-0.2, -0.15) is 0 Å². The van der Waals surface area contributed by atoms with Gasteiger partial charge in [0.2, 0.25) is 5.91 Å². The Balaban J connectivity index is 0.00000161. The molecule has 0 aliphatic heterocycles. The van der Waals surface area contributed by atoms with E-state index in [9.17, 15) is 4.79 Å². The monoisotopic (exact) mass is 273 g/mol. The second-order valence-corrected chi connectivity index (χ2v) is 7.17. The average Bonchev–Trinajstić information content (AvgIpc) is 2.71. The minimum atomic E-state index is -0.256. The first-order valence-corrected chi connectivity index (χ1v) is 7.87. The number of benzene rings is 1. The summed E-state index contributed by atoms with van der Waals surface area (Å²) in [4.78, 5) is 12.1. The smallest absolute Gasteiger partial charge is 0.223 e. The summed E-state index contributed by atoms with van der Waals surface area (Å²) in [5, 5.41) is 0. The maximum absolute atomic E-state index is 12.1. The fourth-order valence-corrected chi connectivity index (χ4v) is 4.98. The number of fused-ring (bicyclic) bond motifs is 2. The Hall–Kier alpha value is -1.31. The van der Waals surface area contributed by atoms with Crippen LogP contribution in [0.3, 0.4) is 0 Å². The molecule has 0 spiro atoms. The first kappa shape index (κ1) is 13.7. The molecule has 2 aliphatic carbocycles. The van der Waals surface area contributed by atoms with E-state index in [0.29, 0.717) is 11.8 Å². The van der Waals surface area contributed by atoms with Gasteiger partial charge in [-0.05, 0) is 54.9 Å². The normalized spacial score (nSPS) is 39.7. The minimum absolute atomic E-state index is 0. The Labute approximate surface area is 123 Å². The molecule has 0 radical (unpaired) electrons. The minimum Gasteiger partial charge on any atom is -0.369 e. The second-order valence-electron chi connectivity index (χ2n) is 7.17. The van der Waals surface area contributed by atoms with Crippen LogP contribution in [0.5, 0.6) is 0 Å². The van der Waals surface area contributed by atoms with Crippen molar-refractivity contribution in [3.8, 4) is 0 Å². The number of carbonyl (C=O) groups is 1. The Morgan fingerprint density at radius 3 is 2.60 bits per heavy atom. The zero-order chi connectivity index (χ0) is 14.4. The van der Waals surface area contributed by atoms with Crippen LogP contribution < -0.4 is 5.73 Å². The van der Waals surface area contributed by atoms with E-state index >= 15 is 0 Å². The van der Waals surface area contributed by atoms with Gasteiger partial charge in [0.15, 0.2) is 0 Å². The van der Waals surface area contributed by atoms with Crippen LogP contribution in [0.4, 0.5) is 0 Å². The summed E-state index contributed by atoms with van der Waals surface area (Å²) < 4.78 is 0. The van der Waals surface area contributed by atoms with Gasteiger partial charge >= 0.3 is 0 Å². The fraction of sp³-hybridized carbons (Fsp3) is 0.611. The van der Waals surface area contributed by atoms with Crippen molar-refractivity contribution in [1.29, 1.82) is 0 Å². The molecule has 2 bridgehead atoms. The Morgan fingerprint density at radius 1 is 1.30 bits per heavy atom. The molecule has 2 nitrogen and oxygen atoms in total. The molecule has 2 aliphatic rings. The molecular weight excluding hydrogens is 246 g/mol. The lowest BCUT2D eigenvalue weighted by molar-refractivity contribution is -0.130. The fourth-order valence-electron chi connectivity index (χ4n) is 4.98. The third-order valence-electron chi connectivity index (χ3n) is 6.09. The Kier molecular flexibility index (Phi) is 3.15. The molecule has 0 saturated heterocycles. The molecule has 2 saturated carbocycles. The highest BCUT2D eigenvalue weighted by Gasteiger charge is 2.57. The molecule has 1 aromatic rings. The van der Waals surface area contributed by atoms with Crippen LogP contribution in [0.15, 0.2) is 30.3 Å². The van der Waals surface area contributed by atoms with Crippen LogP contribution >= 0.6 is 0 Å². The van der Waals surface area contributed by atoms with E-state index in [0.717, 1.165) is 25.7 Å². The molecule has 110 valence electrons. The molecule has 2 heteroatoms. The summed E-state index contributed by atoms with van der Waals surface area (Å²) in [6.07, 6.45) is 5.25. The van der Waals surface area contributed by atoms with Crippen LogP contribution in [-0.2, 0) is 10.2 Å². The molecule has 1 amide bonds. The van der Waals surface area contributed by atoms with E-state index < -0.39 is 0 Å². The van der Waals surface area contributed by atoms with E-state index in [1.54, 1.807) is 0 Å². The lowest BCUT2D eigenvalue weighted by Gasteiger charge is -2.45. The predicted octanol–water partition coefficient (Wildman–Crippen LogP) is 3.89. The van der Waals surface area contributed by atoms with Gasteiger partial charge in [-0.1, -0.05) is 44.2 Å². The van der Waals surface area contributed by atoms with Gasteiger partial charge in [-0.15, -0.1) is 0 Å². The maximum atomic E-state index is 12.1. The van der Waals surface area contributed by atoms with Crippen molar-refractivity contribution in [2.24, 2.45) is 23.0 Å². The summed E-state index contributed by atoms with van der Waals surface area (Å²) in [5.74, 6) is 1.20. The molecule has 1 aromatic carbocycles. The number of carbonyl (C=O) groups excluding carboxylic acids is 1. The van der Waals surface area contributed by atoms with Crippen molar-refractivity contribution in [3.63, 3.8) is 0 Å². The molecular formula is C18H27NO. The van der Waals surface area contributed by atoms with Crippen molar-refractivity contribution >= 4 is 5.91 Å². The van der Waals surface area contributed by atoms with Gasteiger partial charge in [0, 0.05) is 1.43 Å². The first-order chi connectivity index (χ1) is 9.51. The highest BCUT2D eigenvalue weighted by Crippen LogP contribution is 2.61. The number of nitrogens with two attached hydrogens (primary N) is 1. The number of hydrogen-bond acceptors (Lipinski definition) is 1. The molecule has 20 heavy (non-hydrogen) atoms. The predicted molar refractivity (Wildman–Crippen MR) is 83.3 cm³/mol. The van der Waals surface area contributed by atoms with E-state index in [4.69, 9.17) is 5.73 Å². The lowest BCUT2D eigenvalue weighted by atomic mass is 9.58. The highest BCUT2D eigenvalue weighted by molar-refractivity contribution is 5.81. The SMILES string of the molecule is CCC1(c2ccccc2)CC2CC(C(N)=O)(CC2C)C1.[HH]. The van der Waals surface area contributed by atoms with Crippen molar-refractivity contribution in [1.82, 2.24) is 0 Å². The molecule has 4 atom stereocenters. The zero-order valence-electron chi connectivity index (χ0n) is 12.6. The number of primary amides is 1. The van der Waals surface area contributed by atoms with Gasteiger partial charge in [0.05, 0.1) is 5.41 Å². The maximum Gasteiger partial charge on any atom is 0.223 e. The molecule has 2 fully saturated rings. The summed E-state index contributed by atoms with van der Waals surface area (Å²) in [7, 11) is 0. The average molecular weight is 273 g/mol. The van der Waals surface area contributed by atoms with Gasteiger partial charge < -0.3 is 5.73 Å². The molecule has 3 rings (SSSR count). The van der Waals surface area contributed by atoms with E-state index in [-0.39, 0.29) is 18.2 Å². The highest BCUT2D eigenvalue weighted by atomic mass is 16.1. The molecule has 4 unspecified atom stereocenters. The molecule has 0 heterocycles. The van der Waals surface area contributed by atoms with E-state index in [2.05, 4.69) is 44.2 Å². The number of rotatable bonds is 3. The third-order valence-corrected chi connectivity index (χ3v) is 6.09. The van der Waals surface area contributed by atoms with E-state index in [1.807, 2.05) is 0 Å². The van der Waals surface area contributed by atoms with Crippen LogP contribution in [-0.4, -0.2) is 5.91 Å². The van der Waals surface area contributed by atoms with Crippen LogP contribution in [0.1, 0.15) is 52.9 Å². The molecule has 2 N–H and O–H groups in total. The van der Waals surface area contributed by atoms with Crippen molar-refractivity contribution in [2.45, 2.75) is 51.4 Å². The Morgan fingerprint density at radius 2 is 2.00 bits per heavy atom. The molecule has 0 aromatic heterocycles. The second kappa shape index (κ2) is 4.61. The van der Waals surface area contributed by atoms with Crippen molar-refractivity contribution < 1.29 is 6.22 Å². The van der Waals surface area contributed by atoms with Crippen molar-refractivity contribution in [3.05, 3.63) is 35.9 Å². The van der Waals surface area contributed by atoms with Crippen LogP contribution in [0.2, 0.25) is 0 Å². The summed E-state index contributed by atoms with van der Waals surface area (Å²) in [6, 6.07) is 10.8.